The fourth-order valence-corrected chi connectivity index (χ4v) is 4.72. The number of nitrogens with one attached hydrogen (secondary N) is 1. The van der Waals surface area contributed by atoms with Crippen molar-refractivity contribution in [3.05, 3.63) is 146 Å². The molecule has 0 aromatic heterocycles. The molecule has 1 nitrogen and oxygen atoms in total. The molecule has 0 atom stereocenters. The summed E-state index contributed by atoms with van der Waals surface area (Å²) in [5.41, 5.74) is 9.57. The van der Waals surface area contributed by atoms with Gasteiger partial charge in [-0.15, -0.1) is 0 Å². The first-order valence-corrected chi connectivity index (χ1v) is 12.0. The molecule has 6 aromatic carbocycles. The molecular weight excluding hydrogens is 422 g/mol. The van der Waals surface area contributed by atoms with Crippen molar-refractivity contribution in [2.24, 2.45) is 0 Å². The van der Waals surface area contributed by atoms with E-state index in [0.29, 0.717) is 0 Å². The van der Waals surface area contributed by atoms with Crippen molar-refractivity contribution in [1.82, 2.24) is 0 Å². The fourth-order valence-electron chi connectivity index (χ4n) is 4.72. The Kier molecular flexibility index (Phi) is 5.58. The highest BCUT2D eigenvalue weighted by atomic mass is 14.9. The van der Waals surface area contributed by atoms with Gasteiger partial charge in [0.05, 0.1) is 0 Å². The Hall–Kier alpha value is -4.62. The summed E-state index contributed by atoms with van der Waals surface area (Å²) in [6.07, 6.45) is 0. The minimum atomic E-state index is 1.07. The average molecular weight is 448 g/mol. The van der Waals surface area contributed by atoms with Crippen LogP contribution in [0.15, 0.2) is 146 Å². The Labute approximate surface area is 206 Å². The highest BCUT2D eigenvalue weighted by Crippen LogP contribution is 2.37. The van der Waals surface area contributed by atoms with Crippen LogP contribution in [0, 0.1) is 0 Å². The van der Waals surface area contributed by atoms with E-state index in [9.17, 15) is 0 Å². The second kappa shape index (κ2) is 9.32. The minimum Gasteiger partial charge on any atom is -0.356 e. The molecule has 0 unspecified atom stereocenters. The number of anilines is 2. The van der Waals surface area contributed by atoms with E-state index in [1.807, 2.05) is 6.07 Å². The van der Waals surface area contributed by atoms with Crippen LogP contribution in [0.1, 0.15) is 0 Å². The van der Waals surface area contributed by atoms with Gasteiger partial charge in [0.15, 0.2) is 0 Å². The lowest BCUT2D eigenvalue weighted by Crippen LogP contribution is -1.91. The van der Waals surface area contributed by atoms with E-state index >= 15 is 0 Å². The molecule has 0 aliphatic rings. The van der Waals surface area contributed by atoms with Gasteiger partial charge in [0.25, 0.3) is 0 Å². The smallest absolute Gasteiger partial charge is 0.0384 e. The summed E-state index contributed by atoms with van der Waals surface area (Å²) in [5, 5.41) is 6.08. The van der Waals surface area contributed by atoms with Crippen molar-refractivity contribution in [1.29, 1.82) is 0 Å². The Bertz CT molecular complexity index is 1560. The van der Waals surface area contributed by atoms with Crippen LogP contribution < -0.4 is 5.32 Å². The van der Waals surface area contributed by atoms with Crippen LogP contribution in [0.4, 0.5) is 11.4 Å². The van der Waals surface area contributed by atoms with Crippen molar-refractivity contribution in [3.63, 3.8) is 0 Å². The molecular formula is C34H25N. The van der Waals surface area contributed by atoms with E-state index in [1.54, 1.807) is 0 Å². The Morgan fingerprint density at radius 3 is 1.29 bits per heavy atom. The van der Waals surface area contributed by atoms with Crippen LogP contribution in [0.2, 0.25) is 0 Å². The number of hydrogen-bond donors (Lipinski definition) is 1. The summed E-state index contributed by atoms with van der Waals surface area (Å²) in [6.45, 7) is 0. The maximum Gasteiger partial charge on any atom is 0.0384 e. The first-order valence-electron chi connectivity index (χ1n) is 12.0. The Morgan fingerprint density at radius 1 is 0.314 bits per heavy atom. The molecule has 0 bridgehead atoms. The molecule has 6 aromatic rings. The van der Waals surface area contributed by atoms with Crippen molar-refractivity contribution in [2.75, 3.05) is 5.32 Å². The molecule has 0 aliphatic heterocycles. The molecule has 0 radical (unpaired) electrons. The van der Waals surface area contributed by atoms with Crippen molar-refractivity contribution >= 4 is 22.1 Å². The Morgan fingerprint density at radius 2 is 0.743 bits per heavy atom. The third-order valence-electron chi connectivity index (χ3n) is 6.47. The van der Waals surface area contributed by atoms with E-state index in [0.717, 1.165) is 11.4 Å². The number of benzene rings is 6. The number of fused-ring (bicyclic) bond motifs is 1. The van der Waals surface area contributed by atoms with Gasteiger partial charge in [-0.1, -0.05) is 121 Å². The highest BCUT2D eigenvalue weighted by Gasteiger charge is 2.10. The van der Waals surface area contributed by atoms with E-state index in [2.05, 4.69) is 145 Å². The summed E-state index contributed by atoms with van der Waals surface area (Å²) in [5.74, 6) is 0. The largest absolute Gasteiger partial charge is 0.356 e. The van der Waals surface area contributed by atoms with E-state index < -0.39 is 0 Å². The zero-order chi connectivity index (χ0) is 23.5. The van der Waals surface area contributed by atoms with Gasteiger partial charge >= 0.3 is 0 Å². The van der Waals surface area contributed by atoms with Gasteiger partial charge in [-0.25, -0.2) is 0 Å². The maximum absolute atomic E-state index is 3.54. The lowest BCUT2D eigenvalue weighted by atomic mass is 9.91. The average Bonchev–Trinajstić information content (AvgIpc) is 2.94. The van der Waals surface area contributed by atoms with Crippen LogP contribution in [0.3, 0.4) is 0 Å². The predicted octanol–water partition coefficient (Wildman–Crippen LogP) is 9.58. The van der Waals surface area contributed by atoms with Crippen molar-refractivity contribution < 1.29 is 0 Å². The van der Waals surface area contributed by atoms with E-state index in [1.165, 1.54) is 44.2 Å². The molecule has 0 saturated heterocycles. The molecule has 0 fully saturated rings. The van der Waals surface area contributed by atoms with Gasteiger partial charge in [0.2, 0.25) is 0 Å². The normalized spacial score (nSPS) is 10.9. The summed E-state index contributed by atoms with van der Waals surface area (Å²) >= 11 is 0. The van der Waals surface area contributed by atoms with Gasteiger partial charge < -0.3 is 5.32 Å². The first kappa shape index (κ1) is 20.9. The van der Waals surface area contributed by atoms with Crippen LogP contribution in [-0.2, 0) is 0 Å². The highest BCUT2D eigenvalue weighted by molar-refractivity contribution is 6.06. The Balaban J connectivity index is 1.30. The zero-order valence-electron chi connectivity index (χ0n) is 19.4. The molecule has 0 aliphatic carbocycles. The summed E-state index contributed by atoms with van der Waals surface area (Å²) in [4.78, 5) is 0. The van der Waals surface area contributed by atoms with Gasteiger partial charge in [-0.3, -0.25) is 0 Å². The molecule has 35 heavy (non-hydrogen) atoms. The molecule has 6 rings (SSSR count). The van der Waals surface area contributed by atoms with Gasteiger partial charge in [0.1, 0.15) is 0 Å². The molecule has 0 amide bonds. The number of rotatable bonds is 5. The van der Waals surface area contributed by atoms with Crippen LogP contribution in [0.25, 0.3) is 44.2 Å². The lowest BCUT2D eigenvalue weighted by Gasteiger charge is -2.13. The van der Waals surface area contributed by atoms with Gasteiger partial charge in [0, 0.05) is 11.4 Å². The second-order valence-corrected chi connectivity index (χ2v) is 8.72. The van der Waals surface area contributed by atoms with E-state index in [4.69, 9.17) is 0 Å². The molecule has 1 N–H and O–H groups in total. The second-order valence-electron chi connectivity index (χ2n) is 8.72. The molecule has 0 heterocycles. The van der Waals surface area contributed by atoms with Crippen molar-refractivity contribution in [2.45, 2.75) is 0 Å². The first-order chi connectivity index (χ1) is 17.3. The molecule has 1 heteroatoms. The van der Waals surface area contributed by atoms with E-state index in [-0.39, 0.29) is 0 Å². The topological polar surface area (TPSA) is 12.0 Å². The summed E-state index contributed by atoms with van der Waals surface area (Å²) in [7, 11) is 0. The van der Waals surface area contributed by atoms with Crippen LogP contribution >= 0.6 is 0 Å². The summed E-state index contributed by atoms with van der Waals surface area (Å²) < 4.78 is 0. The number of hydrogen-bond acceptors (Lipinski definition) is 1. The lowest BCUT2D eigenvalue weighted by molar-refractivity contribution is 1.54. The van der Waals surface area contributed by atoms with Crippen LogP contribution in [0.5, 0.6) is 0 Å². The van der Waals surface area contributed by atoms with Gasteiger partial charge in [-0.05, 0) is 68.4 Å². The summed E-state index contributed by atoms with van der Waals surface area (Å²) in [6, 6.07) is 51.5. The minimum absolute atomic E-state index is 1.07. The standard InChI is InChI=1S/C34H25N/c1-3-9-25(10-4-1)26-17-21-30(22-18-26)35-31-23-19-28(20-24-31)33-16-8-14-29-13-7-15-32(34(29)33)27-11-5-2-6-12-27/h1-24,35H. The molecule has 166 valence electrons. The third kappa shape index (κ3) is 4.32. The van der Waals surface area contributed by atoms with Gasteiger partial charge in [-0.2, -0.15) is 0 Å². The SMILES string of the molecule is c1ccc(-c2ccc(Nc3ccc(-c4cccc5cccc(-c6ccccc6)c45)cc3)cc2)cc1. The molecule has 0 spiro atoms. The van der Waals surface area contributed by atoms with Crippen molar-refractivity contribution in [3.8, 4) is 33.4 Å². The predicted molar refractivity (Wildman–Crippen MR) is 150 cm³/mol. The monoisotopic (exact) mass is 447 g/mol. The third-order valence-corrected chi connectivity index (χ3v) is 6.47. The fraction of sp³-hybridized carbons (Fsp3) is 0. The maximum atomic E-state index is 3.54. The van der Waals surface area contributed by atoms with Crippen LogP contribution in [-0.4, -0.2) is 0 Å². The molecule has 0 saturated carbocycles. The zero-order valence-corrected chi connectivity index (χ0v) is 19.4. The quantitative estimate of drug-likeness (QED) is 0.277.